The summed E-state index contributed by atoms with van der Waals surface area (Å²) in [5, 5.41) is 3.14. The number of pyridine rings is 2. The molecule has 0 amide bonds. The molecule has 0 bridgehead atoms. The summed E-state index contributed by atoms with van der Waals surface area (Å²) in [5.74, 6) is 0.758. The molecule has 0 aliphatic heterocycles. The number of hydrogen-bond acceptors (Lipinski definition) is 6. The van der Waals surface area contributed by atoms with Crippen LogP contribution < -0.4 is 10.1 Å². The second-order valence-electron chi connectivity index (χ2n) is 5.38. The zero-order valence-electron chi connectivity index (χ0n) is 14.4. The van der Waals surface area contributed by atoms with Gasteiger partial charge < -0.3 is 14.8 Å². The van der Waals surface area contributed by atoms with Crippen LogP contribution in [0.1, 0.15) is 23.0 Å². The Bertz CT molecular complexity index is 852. The fraction of sp³-hybridized carbons (Fsp3) is 0.150. The number of rotatable bonds is 7. The normalized spacial score (nSPS) is 10.2. The van der Waals surface area contributed by atoms with Crippen LogP contribution in [0.25, 0.3) is 0 Å². The quantitative estimate of drug-likeness (QED) is 0.651. The highest BCUT2D eigenvalue weighted by molar-refractivity contribution is 5.95. The number of hydrogen-bond donors (Lipinski definition) is 1. The Balaban J connectivity index is 1.70. The fourth-order valence-corrected chi connectivity index (χ4v) is 2.31. The van der Waals surface area contributed by atoms with Gasteiger partial charge in [-0.05, 0) is 55.5 Å². The Labute approximate surface area is 151 Å². The standard InChI is InChI=1S/C20H19N3O3/c1-2-25-17-10-8-15(9-11-17)23-19-18(7-5-13-22-19)20(24)26-14-16-6-3-4-12-21-16/h3-13H,2,14H2,1H3,(H,22,23). The van der Waals surface area contributed by atoms with Crippen molar-refractivity contribution in [3.8, 4) is 5.75 Å². The van der Waals surface area contributed by atoms with Crippen molar-refractivity contribution >= 4 is 17.5 Å². The van der Waals surface area contributed by atoms with Crippen molar-refractivity contribution in [3.05, 3.63) is 78.2 Å². The highest BCUT2D eigenvalue weighted by atomic mass is 16.5. The second kappa shape index (κ2) is 8.62. The Hall–Kier alpha value is -3.41. The molecule has 6 nitrogen and oxygen atoms in total. The number of carbonyl (C=O) groups is 1. The maximum absolute atomic E-state index is 12.4. The first-order valence-electron chi connectivity index (χ1n) is 8.28. The fourth-order valence-electron chi connectivity index (χ4n) is 2.31. The van der Waals surface area contributed by atoms with Gasteiger partial charge in [0, 0.05) is 18.1 Å². The van der Waals surface area contributed by atoms with Crippen LogP contribution in [0.2, 0.25) is 0 Å². The first-order chi connectivity index (χ1) is 12.8. The topological polar surface area (TPSA) is 73.3 Å². The molecule has 0 spiro atoms. The molecule has 1 aromatic carbocycles. The summed E-state index contributed by atoms with van der Waals surface area (Å²) in [6.07, 6.45) is 3.28. The van der Waals surface area contributed by atoms with Gasteiger partial charge in [-0.3, -0.25) is 4.98 Å². The number of nitrogens with zero attached hydrogens (tertiary/aromatic N) is 2. The second-order valence-corrected chi connectivity index (χ2v) is 5.38. The monoisotopic (exact) mass is 349 g/mol. The minimum absolute atomic E-state index is 0.108. The van der Waals surface area contributed by atoms with E-state index >= 15 is 0 Å². The lowest BCUT2D eigenvalue weighted by Gasteiger charge is -2.11. The van der Waals surface area contributed by atoms with Crippen molar-refractivity contribution in [1.29, 1.82) is 0 Å². The molecule has 3 aromatic rings. The van der Waals surface area contributed by atoms with Crippen molar-refractivity contribution in [1.82, 2.24) is 9.97 Å². The molecule has 0 saturated carbocycles. The van der Waals surface area contributed by atoms with Crippen LogP contribution in [0, 0.1) is 0 Å². The molecule has 2 heterocycles. The van der Waals surface area contributed by atoms with Gasteiger partial charge in [0.25, 0.3) is 0 Å². The van der Waals surface area contributed by atoms with Gasteiger partial charge in [-0.25, -0.2) is 9.78 Å². The molecule has 0 aliphatic carbocycles. The van der Waals surface area contributed by atoms with Gasteiger partial charge in [0.2, 0.25) is 0 Å². The summed E-state index contributed by atoms with van der Waals surface area (Å²) in [4.78, 5) is 20.8. The van der Waals surface area contributed by atoms with Crippen molar-refractivity contribution < 1.29 is 14.3 Å². The van der Waals surface area contributed by atoms with E-state index in [0.717, 1.165) is 11.4 Å². The summed E-state index contributed by atoms with van der Waals surface area (Å²) < 4.78 is 10.8. The van der Waals surface area contributed by atoms with E-state index in [4.69, 9.17) is 9.47 Å². The van der Waals surface area contributed by atoms with Gasteiger partial charge in [-0.2, -0.15) is 0 Å². The van der Waals surface area contributed by atoms with E-state index in [9.17, 15) is 4.79 Å². The lowest BCUT2D eigenvalue weighted by Crippen LogP contribution is -2.10. The number of aromatic nitrogens is 2. The van der Waals surface area contributed by atoms with Crippen molar-refractivity contribution in [2.24, 2.45) is 0 Å². The van der Waals surface area contributed by atoms with E-state index < -0.39 is 5.97 Å². The van der Waals surface area contributed by atoms with E-state index in [1.54, 1.807) is 30.6 Å². The minimum atomic E-state index is -0.461. The summed E-state index contributed by atoms with van der Waals surface area (Å²) in [7, 11) is 0. The molecule has 0 unspecified atom stereocenters. The number of esters is 1. The molecule has 6 heteroatoms. The molecule has 1 N–H and O–H groups in total. The summed E-state index contributed by atoms with van der Waals surface area (Å²) >= 11 is 0. The number of nitrogens with one attached hydrogen (secondary N) is 1. The lowest BCUT2D eigenvalue weighted by atomic mass is 10.2. The first kappa shape index (κ1) is 17.4. The molecule has 0 aliphatic rings. The third-order valence-electron chi connectivity index (χ3n) is 3.53. The van der Waals surface area contributed by atoms with E-state index in [1.807, 2.05) is 43.3 Å². The van der Waals surface area contributed by atoms with Crippen molar-refractivity contribution in [3.63, 3.8) is 0 Å². The average Bonchev–Trinajstić information content (AvgIpc) is 2.69. The number of benzene rings is 1. The molecule has 26 heavy (non-hydrogen) atoms. The van der Waals surface area contributed by atoms with Gasteiger partial charge >= 0.3 is 5.97 Å². The van der Waals surface area contributed by atoms with Crippen LogP contribution in [0.15, 0.2) is 67.0 Å². The maximum Gasteiger partial charge on any atom is 0.342 e. The first-order valence-corrected chi connectivity index (χ1v) is 8.28. The number of carbonyl (C=O) groups excluding carboxylic acids is 1. The summed E-state index contributed by atoms with van der Waals surface area (Å²) in [6.45, 7) is 2.65. The molecular weight excluding hydrogens is 330 g/mol. The van der Waals surface area contributed by atoms with Crippen molar-refractivity contribution in [2.45, 2.75) is 13.5 Å². The van der Waals surface area contributed by atoms with E-state index in [2.05, 4.69) is 15.3 Å². The van der Waals surface area contributed by atoms with Gasteiger partial charge in [0.05, 0.1) is 12.3 Å². The van der Waals surface area contributed by atoms with Crippen LogP contribution in [0.3, 0.4) is 0 Å². The van der Waals surface area contributed by atoms with Crippen LogP contribution in [-0.4, -0.2) is 22.5 Å². The maximum atomic E-state index is 12.4. The molecule has 3 rings (SSSR count). The van der Waals surface area contributed by atoms with E-state index in [0.29, 0.717) is 23.7 Å². The number of ether oxygens (including phenoxy) is 2. The van der Waals surface area contributed by atoms with E-state index in [1.165, 1.54) is 0 Å². The smallest absolute Gasteiger partial charge is 0.342 e. The lowest BCUT2D eigenvalue weighted by molar-refractivity contribution is 0.0468. The molecular formula is C20H19N3O3. The Kier molecular flexibility index (Phi) is 5.77. The Morgan fingerprint density at radius 3 is 2.54 bits per heavy atom. The summed E-state index contributed by atoms with van der Waals surface area (Å²) in [5.41, 5.74) is 1.84. The number of anilines is 2. The van der Waals surface area contributed by atoms with Crippen LogP contribution >= 0.6 is 0 Å². The SMILES string of the molecule is CCOc1ccc(Nc2ncccc2C(=O)OCc2ccccn2)cc1. The third kappa shape index (κ3) is 4.57. The van der Waals surface area contributed by atoms with Gasteiger partial charge in [0.1, 0.15) is 23.7 Å². The highest BCUT2D eigenvalue weighted by Crippen LogP contribution is 2.22. The molecule has 0 saturated heterocycles. The molecule has 0 radical (unpaired) electrons. The van der Waals surface area contributed by atoms with Crippen molar-refractivity contribution in [2.75, 3.05) is 11.9 Å². The molecule has 0 atom stereocenters. The highest BCUT2D eigenvalue weighted by Gasteiger charge is 2.14. The molecule has 132 valence electrons. The Morgan fingerprint density at radius 1 is 1.00 bits per heavy atom. The van der Waals surface area contributed by atoms with Crippen LogP contribution in [0.4, 0.5) is 11.5 Å². The Morgan fingerprint density at radius 2 is 1.81 bits per heavy atom. The third-order valence-corrected chi connectivity index (χ3v) is 3.53. The van der Waals surface area contributed by atoms with Gasteiger partial charge in [-0.15, -0.1) is 0 Å². The largest absolute Gasteiger partial charge is 0.494 e. The molecule has 0 fully saturated rings. The zero-order valence-corrected chi connectivity index (χ0v) is 14.4. The van der Waals surface area contributed by atoms with Crippen LogP contribution in [-0.2, 0) is 11.3 Å². The predicted octanol–water partition coefficient (Wildman–Crippen LogP) is 3.98. The van der Waals surface area contributed by atoms with Gasteiger partial charge in [0.15, 0.2) is 0 Å². The zero-order chi connectivity index (χ0) is 18.2. The van der Waals surface area contributed by atoms with E-state index in [-0.39, 0.29) is 6.61 Å². The average molecular weight is 349 g/mol. The summed E-state index contributed by atoms with van der Waals surface area (Å²) in [6, 6.07) is 16.3. The van der Waals surface area contributed by atoms with Gasteiger partial charge in [-0.1, -0.05) is 6.07 Å². The predicted molar refractivity (Wildman–Crippen MR) is 98.5 cm³/mol. The van der Waals surface area contributed by atoms with Crippen LogP contribution in [0.5, 0.6) is 5.75 Å². The molecule has 2 aromatic heterocycles. The minimum Gasteiger partial charge on any atom is -0.494 e.